The van der Waals surface area contributed by atoms with Gasteiger partial charge in [-0.05, 0) is 18.2 Å². The molecule has 2 heterocycles. The van der Waals surface area contributed by atoms with Crippen molar-refractivity contribution in [3.8, 4) is 5.75 Å². The first-order chi connectivity index (χ1) is 9.90. The molecule has 0 saturated heterocycles. The SMILES string of the molecule is c1ccc2c(c1)[nH]c1cc(OCc3nccs3)ccc12. The molecule has 98 valence electrons. The summed E-state index contributed by atoms with van der Waals surface area (Å²) in [4.78, 5) is 7.63. The fourth-order valence-electron chi connectivity index (χ4n) is 2.39. The van der Waals surface area contributed by atoms with Crippen LogP contribution in [0.15, 0.2) is 54.0 Å². The van der Waals surface area contributed by atoms with Gasteiger partial charge >= 0.3 is 0 Å². The molecule has 20 heavy (non-hydrogen) atoms. The summed E-state index contributed by atoms with van der Waals surface area (Å²) in [7, 11) is 0. The van der Waals surface area contributed by atoms with Crippen molar-refractivity contribution in [3.63, 3.8) is 0 Å². The fourth-order valence-corrected chi connectivity index (χ4v) is 2.92. The number of nitrogens with one attached hydrogen (secondary N) is 1. The van der Waals surface area contributed by atoms with Gasteiger partial charge < -0.3 is 9.72 Å². The minimum Gasteiger partial charge on any atom is -0.486 e. The summed E-state index contributed by atoms with van der Waals surface area (Å²) in [5.41, 5.74) is 2.25. The van der Waals surface area contributed by atoms with E-state index in [4.69, 9.17) is 4.74 Å². The summed E-state index contributed by atoms with van der Waals surface area (Å²) in [6.45, 7) is 0.517. The van der Waals surface area contributed by atoms with Crippen LogP contribution in [-0.4, -0.2) is 9.97 Å². The van der Waals surface area contributed by atoms with E-state index in [9.17, 15) is 0 Å². The third-order valence-electron chi connectivity index (χ3n) is 3.32. The molecule has 1 N–H and O–H groups in total. The maximum atomic E-state index is 5.78. The van der Waals surface area contributed by atoms with E-state index in [0.29, 0.717) is 6.61 Å². The van der Waals surface area contributed by atoms with Crippen LogP contribution in [0, 0.1) is 0 Å². The van der Waals surface area contributed by atoms with Gasteiger partial charge in [-0.3, -0.25) is 0 Å². The van der Waals surface area contributed by atoms with Crippen LogP contribution >= 0.6 is 11.3 Å². The van der Waals surface area contributed by atoms with Crippen molar-refractivity contribution >= 4 is 33.1 Å². The summed E-state index contributed by atoms with van der Waals surface area (Å²) in [5.74, 6) is 0.860. The number of nitrogens with zero attached hydrogens (tertiary/aromatic N) is 1. The Bertz CT molecular complexity index is 865. The van der Waals surface area contributed by atoms with Gasteiger partial charge in [0, 0.05) is 33.9 Å². The van der Waals surface area contributed by atoms with Crippen LogP contribution in [-0.2, 0) is 6.61 Å². The molecule has 0 atom stereocenters. The number of rotatable bonds is 3. The molecule has 0 aliphatic heterocycles. The number of thiazole rings is 1. The molecule has 0 aliphatic rings. The second kappa shape index (κ2) is 4.65. The molecule has 3 nitrogen and oxygen atoms in total. The molecular weight excluding hydrogens is 268 g/mol. The average molecular weight is 280 g/mol. The van der Waals surface area contributed by atoms with E-state index in [0.717, 1.165) is 21.8 Å². The smallest absolute Gasteiger partial charge is 0.140 e. The lowest BCUT2D eigenvalue weighted by Crippen LogP contribution is -1.94. The van der Waals surface area contributed by atoms with Gasteiger partial charge in [-0.2, -0.15) is 0 Å². The normalized spacial score (nSPS) is 11.2. The molecule has 4 rings (SSSR count). The lowest BCUT2D eigenvalue weighted by Gasteiger charge is -2.03. The van der Waals surface area contributed by atoms with Gasteiger partial charge in [0.05, 0.1) is 5.52 Å². The third kappa shape index (κ3) is 1.94. The highest BCUT2D eigenvalue weighted by Crippen LogP contribution is 2.28. The third-order valence-corrected chi connectivity index (χ3v) is 4.08. The van der Waals surface area contributed by atoms with Crippen LogP contribution in [0.3, 0.4) is 0 Å². The van der Waals surface area contributed by atoms with E-state index < -0.39 is 0 Å². The number of ether oxygens (including phenoxy) is 1. The van der Waals surface area contributed by atoms with E-state index in [1.165, 1.54) is 10.8 Å². The van der Waals surface area contributed by atoms with Gasteiger partial charge in [0.2, 0.25) is 0 Å². The summed E-state index contributed by atoms with van der Waals surface area (Å²) >= 11 is 1.61. The number of aromatic nitrogens is 2. The van der Waals surface area contributed by atoms with Gasteiger partial charge in [-0.1, -0.05) is 18.2 Å². The number of aromatic amines is 1. The first kappa shape index (κ1) is 11.5. The molecule has 4 heteroatoms. The summed E-state index contributed by atoms with van der Waals surface area (Å²) < 4.78 is 5.78. The molecule has 0 bridgehead atoms. The Kier molecular flexibility index (Phi) is 2.67. The zero-order valence-corrected chi connectivity index (χ0v) is 11.5. The molecule has 0 radical (unpaired) electrons. The highest BCUT2D eigenvalue weighted by atomic mass is 32.1. The first-order valence-electron chi connectivity index (χ1n) is 6.42. The maximum Gasteiger partial charge on any atom is 0.140 e. The molecule has 0 amide bonds. The molecule has 0 spiro atoms. The highest BCUT2D eigenvalue weighted by molar-refractivity contribution is 7.09. The van der Waals surface area contributed by atoms with Gasteiger partial charge in [-0.15, -0.1) is 11.3 Å². The van der Waals surface area contributed by atoms with Crippen molar-refractivity contribution in [3.05, 3.63) is 59.0 Å². The quantitative estimate of drug-likeness (QED) is 0.605. The highest BCUT2D eigenvalue weighted by Gasteiger charge is 2.05. The largest absolute Gasteiger partial charge is 0.486 e. The lowest BCUT2D eigenvalue weighted by molar-refractivity contribution is 0.306. The number of benzene rings is 2. The van der Waals surface area contributed by atoms with Gasteiger partial charge in [0.25, 0.3) is 0 Å². The zero-order chi connectivity index (χ0) is 13.4. The number of hydrogen-bond donors (Lipinski definition) is 1. The first-order valence-corrected chi connectivity index (χ1v) is 7.30. The van der Waals surface area contributed by atoms with Crippen molar-refractivity contribution in [1.29, 1.82) is 0 Å². The molecular formula is C16H12N2OS. The molecule has 0 fully saturated rings. The summed E-state index contributed by atoms with van der Waals surface area (Å²) in [6.07, 6.45) is 1.80. The Hall–Kier alpha value is -2.33. The van der Waals surface area contributed by atoms with E-state index >= 15 is 0 Å². The molecule has 2 aromatic carbocycles. The van der Waals surface area contributed by atoms with Crippen LogP contribution in [0.2, 0.25) is 0 Å². The molecule has 0 saturated carbocycles. The van der Waals surface area contributed by atoms with E-state index in [2.05, 4.69) is 34.2 Å². The number of fused-ring (bicyclic) bond motifs is 3. The van der Waals surface area contributed by atoms with Gasteiger partial charge in [-0.25, -0.2) is 4.98 Å². The van der Waals surface area contributed by atoms with Crippen molar-refractivity contribution < 1.29 is 4.74 Å². The number of hydrogen-bond acceptors (Lipinski definition) is 3. The van der Waals surface area contributed by atoms with Crippen molar-refractivity contribution in [2.24, 2.45) is 0 Å². The molecule has 2 aromatic heterocycles. The Balaban J connectivity index is 1.69. The molecule has 0 aliphatic carbocycles. The maximum absolute atomic E-state index is 5.78. The van der Waals surface area contributed by atoms with Crippen molar-refractivity contribution in [2.75, 3.05) is 0 Å². The second-order valence-electron chi connectivity index (χ2n) is 4.59. The monoisotopic (exact) mass is 280 g/mol. The van der Waals surface area contributed by atoms with Crippen LogP contribution in [0.1, 0.15) is 5.01 Å². The fraction of sp³-hybridized carbons (Fsp3) is 0.0625. The van der Waals surface area contributed by atoms with Crippen molar-refractivity contribution in [1.82, 2.24) is 9.97 Å². The average Bonchev–Trinajstić information content (AvgIpc) is 3.12. The summed E-state index contributed by atoms with van der Waals surface area (Å²) in [5, 5.41) is 5.41. The van der Waals surface area contributed by atoms with Crippen LogP contribution in [0.5, 0.6) is 5.75 Å². The Labute approximate surface area is 119 Å². The Morgan fingerprint density at radius 2 is 1.95 bits per heavy atom. The standard InChI is InChI=1S/C16H12N2OS/c1-2-4-14-12(3-1)13-6-5-11(9-15(13)18-14)19-10-16-17-7-8-20-16/h1-9,18H,10H2. The zero-order valence-electron chi connectivity index (χ0n) is 10.7. The van der Waals surface area contributed by atoms with Gasteiger partial charge in [0.15, 0.2) is 0 Å². The number of para-hydroxylation sites is 1. The minimum atomic E-state index is 0.517. The topological polar surface area (TPSA) is 37.9 Å². The van der Waals surface area contributed by atoms with Crippen LogP contribution in [0.4, 0.5) is 0 Å². The van der Waals surface area contributed by atoms with Gasteiger partial charge in [0.1, 0.15) is 17.4 Å². The molecule has 0 unspecified atom stereocenters. The molecule has 4 aromatic rings. The second-order valence-corrected chi connectivity index (χ2v) is 5.57. The summed E-state index contributed by atoms with van der Waals surface area (Å²) in [6, 6.07) is 14.5. The van der Waals surface area contributed by atoms with Crippen LogP contribution < -0.4 is 4.74 Å². The van der Waals surface area contributed by atoms with Crippen LogP contribution in [0.25, 0.3) is 21.8 Å². The Morgan fingerprint density at radius 3 is 2.85 bits per heavy atom. The predicted octanol–water partition coefficient (Wildman–Crippen LogP) is 4.36. The van der Waals surface area contributed by atoms with E-state index in [1.54, 1.807) is 17.5 Å². The van der Waals surface area contributed by atoms with E-state index in [1.807, 2.05) is 23.6 Å². The predicted molar refractivity (Wildman–Crippen MR) is 82.3 cm³/mol. The number of H-pyrrole nitrogens is 1. The van der Waals surface area contributed by atoms with Crippen molar-refractivity contribution in [2.45, 2.75) is 6.61 Å². The van der Waals surface area contributed by atoms with E-state index in [-0.39, 0.29) is 0 Å². The lowest BCUT2D eigenvalue weighted by atomic mass is 10.1. The minimum absolute atomic E-state index is 0.517. The Morgan fingerprint density at radius 1 is 1.05 bits per heavy atom.